The maximum Gasteiger partial charge on any atom is 0.328 e. The fraction of sp³-hybridized carbons (Fsp3) is 0.579. The van der Waals surface area contributed by atoms with Crippen LogP contribution < -0.4 is 5.32 Å². The first-order valence-corrected chi connectivity index (χ1v) is 8.43. The van der Waals surface area contributed by atoms with E-state index in [-0.39, 0.29) is 11.9 Å². The Morgan fingerprint density at radius 1 is 1.22 bits per heavy atom. The fourth-order valence-electron chi connectivity index (χ4n) is 3.44. The van der Waals surface area contributed by atoms with Crippen LogP contribution in [0.1, 0.15) is 48.8 Å². The van der Waals surface area contributed by atoms with Gasteiger partial charge >= 0.3 is 5.97 Å². The van der Waals surface area contributed by atoms with E-state index in [0.717, 1.165) is 29.5 Å². The third-order valence-electron chi connectivity index (χ3n) is 4.82. The number of esters is 1. The predicted octanol–water partition coefficient (Wildman–Crippen LogP) is 3.08. The normalized spacial score (nSPS) is 16.1. The van der Waals surface area contributed by atoms with E-state index in [4.69, 9.17) is 4.74 Å². The number of rotatable bonds is 6. The predicted molar refractivity (Wildman–Crippen MR) is 90.1 cm³/mol. The number of amides is 1. The van der Waals surface area contributed by atoms with E-state index in [1.807, 2.05) is 32.0 Å². The van der Waals surface area contributed by atoms with Gasteiger partial charge in [0.25, 0.3) is 0 Å². The lowest BCUT2D eigenvalue weighted by molar-refractivity contribution is -0.145. The third kappa shape index (κ3) is 4.81. The molecule has 0 aliphatic heterocycles. The van der Waals surface area contributed by atoms with Gasteiger partial charge in [0.2, 0.25) is 5.91 Å². The molecule has 0 aromatic heterocycles. The molecule has 0 heterocycles. The lowest BCUT2D eigenvalue weighted by atomic mass is 9.96. The monoisotopic (exact) mass is 317 g/mol. The largest absolute Gasteiger partial charge is 0.467 e. The van der Waals surface area contributed by atoms with Crippen LogP contribution in [0.25, 0.3) is 0 Å². The summed E-state index contributed by atoms with van der Waals surface area (Å²) in [7, 11) is 1.36. The Kier molecular flexibility index (Phi) is 6.20. The van der Waals surface area contributed by atoms with Gasteiger partial charge in [-0.05, 0) is 49.3 Å². The van der Waals surface area contributed by atoms with Crippen LogP contribution in [0.2, 0.25) is 0 Å². The lowest BCUT2D eigenvalue weighted by Crippen LogP contribution is -2.43. The molecule has 1 aliphatic rings. The summed E-state index contributed by atoms with van der Waals surface area (Å²) in [4.78, 5) is 24.3. The van der Waals surface area contributed by atoms with Crippen LogP contribution in [0.3, 0.4) is 0 Å². The number of carbonyl (C=O) groups excluding carboxylic acids is 2. The van der Waals surface area contributed by atoms with Gasteiger partial charge in [-0.2, -0.15) is 0 Å². The highest BCUT2D eigenvalue weighted by Gasteiger charge is 2.25. The molecule has 2 rings (SSSR count). The van der Waals surface area contributed by atoms with Gasteiger partial charge in [-0.15, -0.1) is 0 Å². The van der Waals surface area contributed by atoms with Crippen LogP contribution in [0, 0.1) is 19.8 Å². The van der Waals surface area contributed by atoms with Crippen molar-refractivity contribution in [2.45, 2.75) is 58.4 Å². The van der Waals surface area contributed by atoms with Crippen LogP contribution in [-0.2, 0) is 20.7 Å². The van der Waals surface area contributed by atoms with Gasteiger partial charge < -0.3 is 10.1 Å². The number of hydrogen-bond donors (Lipinski definition) is 1. The van der Waals surface area contributed by atoms with Crippen LogP contribution in [0.15, 0.2) is 18.2 Å². The van der Waals surface area contributed by atoms with E-state index in [1.54, 1.807) is 0 Å². The molecule has 1 aromatic rings. The smallest absolute Gasteiger partial charge is 0.328 e. The Hall–Kier alpha value is -1.84. The molecule has 0 bridgehead atoms. The second kappa shape index (κ2) is 8.14. The third-order valence-corrected chi connectivity index (χ3v) is 4.82. The number of methoxy groups -OCH3 is 1. The summed E-state index contributed by atoms with van der Waals surface area (Å²) in [5.74, 6) is 0.0412. The summed E-state index contributed by atoms with van der Waals surface area (Å²) in [6.45, 7) is 4.05. The molecule has 0 radical (unpaired) electrons. The van der Waals surface area contributed by atoms with Crippen molar-refractivity contribution in [3.05, 3.63) is 34.9 Å². The number of nitrogens with one attached hydrogen (secondary N) is 1. The van der Waals surface area contributed by atoms with Crippen molar-refractivity contribution in [3.63, 3.8) is 0 Å². The number of aryl methyl sites for hydroxylation is 2. The van der Waals surface area contributed by atoms with Crippen LogP contribution in [0.4, 0.5) is 0 Å². The van der Waals surface area contributed by atoms with Gasteiger partial charge in [0, 0.05) is 12.8 Å². The standard InChI is InChI=1S/C19H27NO3/c1-13-7-6-8-14(2)16(13)12-17(19(22)23-3)20-18(21)11-15-9-4-5-10-15/h6-8,15,17H,4-5,9-12H2,1-3H3,(H,20,21)/t17-/m0/s1. The maximum atomic E-state index is 12.3. The Morgan fingerprint density at radius 2 is 1.83 bits per heavy atom. The molecule has 1 fully saturated rings. The molecule has 1 atom stereocenters. The van der Waals surface area contributed by atoms with Crippen LogP contribution in [-0.4, -0.2) is 25.0 Å². The van der Waals surface area contributed by atoms with Crippen molar-refractivity contribution in [2.75, 3.05) is 7.11 Å². The molecule has 0 spiro atoms. The van der Waals surface area contributed by atoms with E-state index in [1.165, 1.54) is 20.0 Å². The average Bonchev–Trinajstić information content (AvgIpc) is 3.02. The molecule has 0 saturated heterocycles. The van der Waals surface area contributed by atoms with Gasteiger partial charge in [-0.1, -0.05) is 31.0 Å². The molecular weight excluding hydrogens is 290 g/mol. The first-order chi connectivity index (χ1) is 11.0. The van der Waals surface area contributed by atoms with E-state index >= 15 is 0 Å². The Labute approximate surface area is 138 Å². The number of benzene rings is 1. The van der Waals surface area contributed by atoms with E-state index in [0.29, 0.717) is 18.8 Å². The molecular formula is C19H27NO3. The fourth-order valence-corrected chi connectivity index (χ4v) is 3.44. The van der Waals surface area contributed by atoms with E-state index in [9.17, 15) is 9.59 Å². The first kappa shape index (κ1) is 17.5. The van der Waals surface area contributed by atoms with Crippen LogP contribution >= 0.6 is 0 Å². The quantitative estimate of drug-likeness (QED) is 0.820. The molecule has 4 nitrogen and oxygen atoms in total. The highest BCUT2D eigenvalue weighted by Crippen LogP contribution is 2.27. The second-order valence-electron chi connectivity index (χ2n) is 6.57. The molecule has 0 unspecified atom stereocenters. The first-order valence-electron chi connectivity index (χ1n) is 8.43. The average molecular weight is 317 g/mol. The molecule has 1 N–H and O–H groups in total. The molecule has 126 valence electrons. The second-order valence-corrected chi connectivity index (χ2v) is 6.57. The van der Waals surface area contributed by atoms with E-state index < -0.39 is 6.04 Å². The van der Waals surface area contributed by atoms with Gasteiger partial charge in [0.1, 0.15) is 6.04 Å². The number of ether oxygens (including phenoxy) is 1. The minimum Gasteiger partial charge on any atom is -0.467 e. The number of carbonyl (C=O) groups is 2. The zero-order chi connectivity index (χ0) is 16.8. The zero-order valence-corrected chi connectivity index (χ0v) is 14.4. The summed E-state index contributed by atoms with van der Waals surface area (Å²) in [5, 5.41) is 2.88. The molecule has 4 heteroatoms. The van der Waals surface area contributed by atoms with Gasteiger partial charge in [-0.25, -0.2) is 4.79 Å². The minimum absolute atomic E-state index is 0.0430. The van der Waals surface area contributed by atoms with Gasteiger partial charge in [0.15, 0.2) is 0 Å². The maximum absolute atomic E-state index is 12.3. The van der Waals surface area contributed by atoms with Crippen molar-refractivity contribution in [1.82, 2.24) is 5.32 Å². The van der Waals surface area contributed by atoms with Crippen molar-refractivity contribution in [3.8, 4) is 0 Å². The Morgan fingerprint density at radius 3 is 2.39 bits per heavy atom. The highest BCUT2D eigenvalue weighted by atomic mass is 16.5. The van der Waals surface area contributed by atoms with Crippen molar-refractivity contribution in [2.24, 2.45) is 5.92 Å². The van der Waals surface area contributed by atoms with E-state index in [2.05, 4.69) is 5.32 Å². The van der Waals surface area contributed by atoms with Gasteiger partial charge in [0.05, 0.1) is 7.11 Å². The highest BCUT2D eigenvalue weighted by molar-refractivity contribution is 5.84. The molecule has 1 aromatic carbocycles. The SMILES string of the molecule is COC(=O)[C@H](Cc1c(C)cccc1C)NC(=O)CC1CCCC1. The van der Waals surface area contributed by atoms with Crippen molar-refractivity contribution >= 4 is 11.9 Å². The summed E-state index contributed by atoms with van der Waals surface area (Å²) < 4.78 is 4.88. The topological polar surface area (TPSA) is 55.4 Å². The van der Waals surface area contributed by atoms with Crippen molar-refractivity contribution in [1.29, 1.82) is 0 Å². The lowest BCUT2D eigenvalue weighted by Gasteiger charge is -2.20. The molecule has 1 aliphatic carbocycles. The van der Waals surface area contributed by atoms with Crippen molar-refractivity contribution < 1.29 is 14.3 Å². The minimum atomic E-state index is -0.617. The zero-order valence-electron chi connectivity index (χ0n) is 14.4. The summed E-state index contributed by atoms with van der Waals surface area (Å²) >= 11 is 0. The van der Waals surface area contributed by atoms with Gasteiger partial charge in [-0.3, -0.25) is 4.79 Å². The number of hydrogen-bond acceptors (Lipinski definition) is 3. The summed E-state index contributed by atoms with van der Waals surface area (Å²) in [6, 6.07) is 5.43. The molecule has 1 saturated carbocycles. The van der Waals surface area contributed by atoms with Crippen LogP contribution in [0.5, 0.6) is 0 Å². The summed E-state index contributed by atoms with van der Waals surface area (Å²) in [5.41, 5.74) is 3.36. The molecule has 23 heavy (non-hydrogen) atoms. The Bertz CT molecular complexity index is 541. The summed E-state index contributed by atoms with van der Waals surface area (Å²) in [6.07, 6.45) is 5.64. The Balaban J connectivity index is 2.04. The molecule has 1 amide bonds.